The monoisotopic (exact) mass is 455 g/mol. The molecule has 2 aliphatic carbocycles. The van der Waals surface area contributed by atoms with Crippen LogP contribution in [0.1, 0.15) is 43.3 Å². The van der Waals surface area contributed by atoms with Gasteiger partial charge in [-0.1, -0.05) is 0 Å². The standard InChI is InChI=1S/C23H29N5O3S/c1-10-18(22-28-19-11(2)24-7-6-17(19)32-22)16(27-23(25-10)26-14-4-5-14)9-13-8-15(12(3)29)21(31)20(13)30/h6-7,12-15,20-21,29-31H,4-5,8-9H2,1-3H3,(H,25,26,27)/t12?,13-,15+,20-,21+/m0/s1. The summed E-state index contributed by atoms with van der Waals surface area (Å²) in [6.45, 7) is 5.58. The minimum absolute atomic E-state index is 0.204. The molecule has 2 aliphatic rings. The van der Waals surface area contributed by atoms with Gasteiger partial charge in [-0.05, 0) is 58.4 Å². The second-order valence-electron chi connectivity index (χ2n) is 9.22. The van der Waals surface area contributed by atoms with E-state index in [4.69, 9.17) is 15.0 Å². The third-order valence-corrected chi connectivity index (χ3v) is 7.74. The Labute approximate surface area is 190 Å². The molecule has 0 aliphatic heterocycles. The molecule has 3 aromatic rings. The molecule has 5 atom stereocenters. The number of hydrogen-bond donors (Lipinski definition) is 4. The van der Waals surface area contributed by atoms with Crippen molar-refractivity contribution in [1.29, 1.82) is 0 Å². The second kappa shape index (κ2) is 8.30. The average molecular weight is 456 g/mol. The van der Waals surface area contributed by atoms with Crippen molar-refractivity contribution in [2.75, 3.05) is 5.32 Å². The van der Waals surface area contributed by atoms with Crippen LogP contribution in [0.25, 0.3) is 20.8 Å². The van der Waals surface area contributed by atoms with Crippen molar-refractivity contribution in [2.45, 2.75) is 70.8 Å². The maximum atomic E-state index is 10.7. The van der Waals surface area contributed by atoms with Crippen molar-refractivity contribution in [3.05, 3.63) is 29.3 Å². The predicted molar refractivity (Wildman–Crippen MR) is 124 cm³/mol. The van der Waals surface area contributed by atoms with Crippen LogP contribution in [-0.4, -0.2) is 59.6 Å². The normalized spacial score (nSPS) is 26.6. The Morgan fingerprint density at radius 3 is 2.56 bits per heavy atom. The molecule has 9 heteroatoms. The lowest BCUT2D eigenvalue weighted by Gasteiger charge is -2.19. The highest BCUT2D eigenvalue weighted by atomic mass is 32.1. The van der Waals surface area contributed by atoms with E-state index >= 15 is 0 Å². The molecule has 2 fully saturated rings. The molecule has 0 aromatic carbocycles. The van der Waals surface area contributed by atoms with Gasteiger partial charge in [0.2, 0.25) is 5.95 Å². The van der Waals surface area contributed by atoms with Crippen molar-refractivity contribution in [2.24, 2.45) is 11.8 Å². The lowest BCUT2D eigenvalue weighted by Crippen LogP contribution is -2.32. The third-order valence-electron chi connectivity index (χ3n) is 6.70. The average Bonchev–Trinajstić information content (AvgIpc) is 3.36. The highest BCUT2D eigenvalue weighted by Crippen LogP contribution is 2.40. The Hall–Kier alpha value is -2.20. The summed E-state index contributed by atoms with van der Waals surface area (Å²) in [6.07, 6.45) is 2.53. The van der Waals surface area contributed by atoms with Crippen LogP contribution in [0.3, 0.4) is 0 Å². The number of rotatable bonds is 6. The Balaban J connectivity index is 1.56. The van der Waals surface area contributed by atoms with Crippen LogP contribution in [0.5, 0.6) is 0 Å². The molecule has 3 heterocycles. The number of aliphatic hydroxyl groups excluding tert-OH is 3. The van der Waals surface area contributed by atoms with Crippen LogP contribution in [0.4, 0.5) is 5.95 Å². The number of nitrogens with one attached hydrogen (secondary N) is 1. The predicted octanol–water partition coefficient (Wildman–Crippen LogP) is 2.62. The minimum Gasteiger partial charge on any atom is -0.393 e. The smallest absolute Gasteiger partial charge is 0.223 e. The Kier molecular flexibility index (Phi) is 5.61. The summed E-state index contributed by atoms with van der Waals surface area (Å²) in [4.78, 5) is 18.8. The summed E-state index contributed by atoms with van der Waals surface area (Å²) in [5.74, 6) is 0.0497. The van der Waals surface area contributed by atoms with Gasteiger partial charge in [0.15, 0.2) is 0 Å². The fraction of sp³-hybridized carbons (Fsp3) is 0.565. The highest BCUT2D eigenvalue weighted by molar-refractivity contribution is 7.21. The minimum atomic E-state index is -0.938. The number of aryl methyl sites for hydroxylation is 2. The maximum absolute atomic E-state index is 10.7. The van der Waals surface area contributed by atoms with Gasteiger partial charge in [0.05, 0.1) is 45.7 Å². The van der Waals surface area contributed by atoms with Crippen molar-refractivity contribution in [1.82, 2.24) is 19.9 Å². The van der Waals surface area contributed by atoms with Gasteiger partial charge >= 0.3 is 0 Å². The molecule has 0 bridgehead atoms. The molecule has 170 valence electrons. The van der Waals surface area contributed by atoms with E-state index in [2.05, 4.69) is 10.3 Å². The number of hydrogen-bond acceptors (Lipinski definition) is 9. The molecule has 4 N–H and O–H groups in total. The summed E-state index contributed by atoms with van der Waals surface area (Å²) < 4.78 is 1.06. The maximum Gasteiger partial charge on any atom is 0.223 e. The van der Waals surface area contributed by atoms with Gasteiger partial charge in [-0.3, -0.25) is 4.98 Å². The zero-order valence-electron chi connectivity index (χ0n) is 18.5. The molecule has 8 nitrogen and oxygen atoms in total. The van der Waals surface area contributed by atoms with E-state index in [0.29, 0.717) is 24.8 Å². The first kappa shape index (κ1) is 21.6. The fourth-order valence-corrected chi connectivity index (χ4v) is 5.85. The first-order chi connectivity index (χ1) is 15.3. The van der Waals surface area contributed by atoms with Crippen molar-refractivity contribution in [3.63, 3.8) is 0 Å². The zero-order valence-corrected chi connectivity index (χ0v) is 19.3. The summed E-state index contributed by atoms with van der Waals surface area (Å²) in [6, 6.07) is 2.38. The largest absolute Gasteiger partial charge is 0.393 e. The van der Waals surface area contributed by atoms with Gasteiger partial charge in [-0.15, -0.1) is 11.3 Å². The molecule has 1 unspecified atom stereocenters. The summed E-state index contributed by atoms with van der Waals surface area (Å²) in [5, 5.41) is 35.4. The van der Waals surface area contributed by atoms with Gasteiger partial charge in [-0.25, -0.2) is 15.0 Å². The molecule has 0 amide bonds. The van der Waals surface area contributed by atoms with Crippen LogP contribution in [0.15, 0.2) is 12.3 Å². The molecular weight excluding hydrogens is 426 g/mol. The molecule has 0 radical (unpaired) electrons. The third kappa shape index (κ3) is 3.98. The number of anilines is 1. The van der Waals surface area contributed by atoms with Crippen LogP contribution in [0, 0.1) is 25.7 Å². The summed E-state index contributed by atoms with van der Waals surface area (Å²) in [7, 11) is 0. The lowest BCUT2D eigenvalue weighted by atomic mass is 9.94. The van der Waals surface area contributed by atoms with E-state index < -0.39 is 18.3 Å². The van der Waals surface area contributed by atoms with E-state index in [-0.39, 0.29) is 11.8 Å². The van der Waals surface area contributed by atoms with E-state index in [1.807, 2.05) is 19.9 Å². The van der Waals surface area contributed by atoms with E-state index in [0.717, 1.165) is 50.7 Å². The van der Waals surface area contributed by atoms with Crippen molar-refractivity contribution in [3.8, 4) is 10.6 Å². The fourth-order valence-electron chi connectivity index (χ4n) is 4.72. The molecule has 5 rings (SSSR count). The van der Waals surface area contributed by atoms with Crippen LogP contribution >= 0.6 is 11.3 Å². The molecule has 3 aromatic heterocycles. The molecule has 0 spiro atoms. The second-order valence-corrected chi connectivity index (χ2v) is 10.3. The van der Waals surface area contributed by atoms with Crippen molar-refractivity contribution >= 4 is 27.5 Å². The van der Waals surface area contributed by atoms with Crippen LogP contribution < -0.4 is 5.32 Å². The molecular formula is C23H29N5O3S. The number of pyridine rings is 1. The zero-order chi connectivity index (χ0) is 22.6. The van der Waals surface area contributed by atoms with E-state index in [9.17, 15) is 15.3 Å². The van der Waals surface area contributed by atoms with Gasteiger partial charge in [0, 0.05) is 18.2 Å². The number of aromatic nitrogens is 4. The van der Waals surface area contributed by atoms with Gasteiger partial charge < -0.3 is 20.6 Å². The first-order valence-electron chi connectivity index (χ1n) is 11.2. The number of fused-ring (bicyclic) bond motifs is 1. The lowest BCUT2D eigenvalue weighted by molar-refractivity contribution is -0.0226. The first-order valence-corrected chi connectivity index (χ1v) is 12.0. The quantitative estimate of drug-likeness (QED) is 0.447. The van der Waals surface area contributed by atoms with E-state index in [1.54, 1.807) is 24.5 Å². The Morgan fingerprint density at radius 2 is 1.91 bits per heavy atom. The van der Waals surface area contributed by atoms with E-state index in [1.165, 1.54) is 0 Å². The SMILES string of the molecule is Cc1nc(NC2CC2)nc(C[C@@H]2C[C@H](C(C)O)[C@@H](O)[C@H]2O)c1-c1nc2c(C)nccc2s1. The number of aliphatic hydroxyl groups is 3. The molecule has 2 saturated carbocycles. The van der Waals surface area contributed by atoms with Gasteiger partial charge in [0.1, 0.15) is 10.5 Å². The Bertz CT molecular complexity index is 1150. The topological polar surface area (TPSA) is 124 Å². The van der Waals surface area contributed by atoms with Gasteiger partial charge in [-0.2, -0.15) is 0 Å². The highest BCUT2D eigenvalue weighted by Gasteiger charge is 2.43. The number of nitrogens with zero attached hydrogens (tertiary/aromatic N) is 4. The van der Waals surface area contributed by atoms with Crippen molar-refractivity contribution < 1.29 is 15.3 Å². The summed E-state index contributed by atoms with van der Waals surface area (Å²) in [5.41, 5.74) is 4.29. The molecule has 32 heavy (non-hydrogen) atoms. The summed E-state index contributed by atoms with van der Waals surface area (Å²) >= 11 is 1.59. The number of thiazole rings is 1. The molecule has 0 saturated heterocycles. The Morgan fingerprint density at radius 1 is 1.12 bits per heavy atom. The van der Waals surface area contributed by atoms with Gasteiger partial charge in [0.25, 0.3) is 0 Å². The van der Waals surface area contributed by atoms with Crippen LogP contribution in [-0.2, 0) is 6.42 Å². The van der Waals surface area contributed by atoms with Crippen LogP contribution in [0.2, 0.25) is 0 Å².